The summed E-state index contributed by atoms with van der Waals surface area (Å²) in [6.07, 6.45) is 3.56. The van der Waals surface area contributed by atoms with Gasteiger partial charge < -0.3 is 18.7 Å². The van der Waals surface area contributed by atoms with Crippen LogP contribution < -0.4 is 44.6 Å². The van der Waals surface area contributed by atoms with E-state index in [1.54, 1.807) is 30.4 Å². The predicted octanol–water partition coefficient (Wildman–Crippen LogP) is -0.193. The van der Waals surface area contributed by atoms with Crippen molar-refractivity contribution in [2.24, 2.45) is 0 Å². The average molecular weight is 366 g/mol. The zero-order chi connectivity index (χ0) is 17.2. The van der Waals surface area contributed by atoms with Gasteiger partial charge in [-0.3, -0.25) is 4.57 Å². The van der Waals surface area contributed by atoms with Crippen molar-refractivity contribution in [2.45, 2.75) is 0 Å². The van der Waals surface area contributed by atoms with E-state index in [4.69, 9.17) is 9.31 Å². The van der Waals surface area contributed by atoms with Crippen molar-refractivity contribution in [1.29, 1.82) is 0 Å². The van der Waals surface area contributed by atoms with E-state index in [1.807, 2.05) is 18.2 Å². The zero-order valence-electron chi connectivity index (χ0n) is 13.3. The first-order valence-corrected chi connectivity index (χ1v) is 8.45. The fourth-order valence-corrected chi connectivity index (χ4v) is 2.59. The molecule has 0 aliphatic carbocycles. The first-order valence-electron chi connectivity index (χ1n) is 6.95. The minimum Gasteiger partial charge on any atom is -0.746 e. The molecular formula is C17H12NaO6P. The van der Waals surface area contributed by atoms with Gasteiger partial charge in [-0.25, -0.2) is 4.79 Å². The third-order valence-corrected chi connectivity index (χ3v) is 3.68. The second-order valence-electron chi connectivity index (χ2n) is 4.98. The molecule has 0 saturated carbocycles. The van der Waals surface area contributed by atoms with Gasteiger partial charge in [-0.15, -0.1) is 0 Å². The van der Waals surface area contributed by atoms with Crippen molar-refractivity contribution in [1.82, 2.24) is 0 Å². The van der Waals surface area contributed by atoms with Gasteiger partial charge >= 0.3 is 43.0 Å². The molecule has 122 valence electrons. The van der Waals surface area contributed by atoms with Gasteiger partial charge in [-0.05, 0) is 23.8 Å². The van der Waals surface area contributed by atoms with Crippen molar-refractivity contribution in [3.8, 4) is 5.75 Å². The Morgan fingerprint density at radius 2 is 1.76 bits per heavy atom. The second-order valence-corrected chi connectivity index (χ2v) is 6.10. The number of phosphoric acid groups is 1. The van der Waals surface area contributed by atoms with Gasteiger partial charge in [0.2, 0.25) is 0 Å². The average Bonchev–Trinajstić information content (AvgIpc) is 2.53. The fourth-order valence-electron chi connectivity index (χ4n) is 2.21. The van der Waals surface area contributed by atoms with E-state index in [-0.39, 0.29) is 35.3 Å². The van der Waals surface area contributed by atoms with Crippen LogP contribution in [0.25, 0.3) is 23.1 Å². The molecule has 1 heterocycles. The summed E-state index contributed by atoms with van der Waals surface area (Å²) in [6, 6.07) is 14.7. The number of phosphoric ester groups is 1. The minimum absolute atomic E-state index is 0. The Morgan fingerprint density at radius 1 is 1.04 bits per heavy atom. The third-order valence-electron chi connectivity index (χ3n) is 3.23. The maximum Gasteiger partial charge on any atom is 1.00 e. The van der Waals surface area contributed by atoms with Gasteiger partial charge in [0, 0.05) is 17.0 Å². The summed E-state index contributed by atoms with van der Waals surface area (Å²) in [5.41, 5.74) is 1.59. The molecule has 0 aliphatic heterocycles. The number of para-hydroxylation sites is 1. The van der Waals surface area contributed by atoms with Crippen LogP contribution in [0.4, 0.5) is 0 Å². The van der Waals surface area contributed by atoms with Crippen molar-refractivity contribution in [3.05, 3.63) is 76.1 Å². The van der Waals surface area contributed by atoms with Crippen molar-refractivity contribution in [2.75, 3.05) is 0 Å². The summed E-state index contributed by atoms with van der Waals surface area (Å²) in [4.78, 5) is 30.7. The molecule has 2 aromatic carbocycles. The Bertz CT molecular complexity index is 1000. The van der Waals surface area contributed by atoms with Crippen molar-refractivity contribution >= 4 is 30.9 Å². The van der Waals surface area contributed by atoms with Gasteiger partial charge in [-0.2, -0.15) is 0 Å². The molecule has 1 N–H and O–H groups in total. The van der Waals surface area contributed by atoms with E-state index in [0.717, 1.165) is 16.5 Å². The van der Waals surface area contributed by atoms with Crippen LogP contribution in [0.3, 0.4) is 0 Å². The number of rotatable bonds is 4. The number of fused-ring (bicyclic) bond motifs is 1. The van der Waals surface area contributed by atoms with E-state index in [2.05, 4.69) is 4.52 Å². The quantitative estimate of drug-likeness (QED) is 0.297. The summed E-state index contributed by atoms with van der Waals surface area (Å²) in [6.45, 7) is 0. The maximum atomic E-state index is 11.4. The molecule has 1 aromatic heterocycles. The Kier molecular flexibility index (Phi) is 6.41. The molecule has 0 radical (unpaired) electrons. The Balaban J connectivity index is 0.00000225. The molecule has 0 bridgehead atoms. The van der Waals surface area contributed by atoms with E-state index >= 15 is 0 Å². The molecular weight excluding hydrogens is 354 g/mol. The van der Waals surface area contributed by atoms with Gasteiger partial charge in [0.1, 0.15) is 11.3 Å². The van der Waals surface area contributed by atoms with E-state index in [9.17, 15) is 14.3 Å². The van der Waals surface area contributed by atoms with Gasteiger partial charge in [0.15, 0.2) is 0 Å². The Labute approximate surface area is 165 Å². The monoisotopic (exact) mass is 366 g/mol. The van der Waals surface area contributed by atoms with Crippen LogP contribution in [0.1, 0.15) is 11.1 Å². The number of hydrogen-bond donors (Lipinski definition) is 1. The summed E-state index contributed by atoms with van der Waals surface area (Å²) in [7, 11) is -4.81. The van der Waals surface area contributed by atoms with Crippen LogP contribution in [0.5, 0.6) is 5.75 Å². The predicted molar refractivity (Wildman–Crippen MR) is 88.3 cm³/mol. The van der Waals surface area contributed by atoms with Crippen LogP contribution in [0.2, 0.25) is 0 Å². The van der Waals surface area contributed by atoms with Crippen molar-refractivity contribution in [3.63, 3.8) is 0 Å². The van der Waals surface area contributed by atoms with Crippen LogP contribution >= 0.6 is 7.82 Å². The largest absolute Gasteiger partial charge is 1.00 e. The molecule has 1 atom stereocenters. The molecule has 6 nitrogen and oxygen atoms in total. The normalized spacial score (nSPS) is 13.4. The molecule has 3 rings (SSSR count). The van der Waals surface area contributed by atoms with Crippen molar-refractivity contribution < 1.29 is 52.9 Å². The molecule has 1 unspecified atom stereocenters. The van der Waals surface area contributed by atoms with Gasteiger partial charge in [0.25, 0.3) is 0 Å². The first kappa shape index (κ1) is 19.7. The molecule has 0 spiro atoms. The topological polar surface area (TPSA) is 99.8 Å². The first-order chi connectivity index (χ1) is 11.4. The van der Waals surface area contributed by atoms with Crippen LogP contribution in [-0.4, -0.2) is 4.89 Å². The second kappa shape index (κ2) is 8.15. The van der Waals surface area contributed by atoms with Crippen LogP contribution in [0.15, 0.2) is 63.8 Å². The minimum atomic E-state index is -4.81. The SMILES string of the molecule is O=c1ccc2cccc(/C=C/c3ccc(OP(=O)([O-])O)cc3)c2o1.[Na+]. The summed E-state index contributed by atoms with van der Waals surface area (Å²) >= 11 is 0. The fraction of sp³-hybridized carbons (Fsp3) is 0. The molecule has 0 amide bonds. The molecule has 8 heteroatoms. The number of hydrogen-bond acceptors (Lipinski definition) is 5. The van der Waals surface area contributed by atoms with Gasteiger partial charge in [-0.1, -0.05) is 42.5 Å². The van der Waals surface area contributed by atoms with E-state index < -0.39 is 13.4 Å². The molecule has 0 aliphatic rings. The molecule has 3 aromatic rings. The molecule has 0 saturated heterocycles. The van der Waals surface area contributed by atoms with Crippen LogP contribution in [-0.2, 0) is 4.57 Å². The van der Waals surface area contributed by atoms with Crippen LogP contribution in [0, 0.1) is 0 Å². The number of benzene rings is 2. The standard InChI is InChI=1S/C17H13O6P.Na/c18-16-11-8-14-3-1-2-13(17(14)22-16)7-4-12-5-9-15(10-6-12)23-24(19,20)21;/h1-11H,(H2,19,20,21);/q;+1/p-1/b7-4+;. The summed E-state index contributed by atoms with van der Waals surface area (Å²) in [5, 5.41) is 0.814. The smallest absolute Gasteiger partial charge is 0.746 e. The summed E-state index contributed by atoms with van der Waals surface area (Å²) < 4.78 is 20.3. The third kappa shape index (κ3) is 5.41. The molecule has 0 fully saturated rings. The summed E-state index contributed by atoms with van der Waals surface area (Å²) in [5.74, 6) is 0.0177. The maximum absolute atomic E-state index is 11.4. The van der Waals surface area contributed by atoms with E-state index in [0.29, 0.717) is 5.58 Å². The Hall–Kier alpha value is -1.66. The van der Waals surface area contributed by atoms with E-state index in [1.165, 1.54) is 18.2 Å². The Morgan fingerprint density at radius 3 is 2.44 bits per heavy atom. The van der Waals surface area contributed by atoms with Gasteiger partial charge in [0.05, 0.1) is 0 Å². The molecule has 25 heavy (non-hydrogen) atoms. The zero-order valence-corrected chi connectivity index (χ0v) is 16.2.